The Labute approximate surface area is 311 Å². The molecule has 51 heavy (non-hydrogen) atoms. The van der Waals surface area contributed by atoms with Crippen LogP contribution in [0.3, 0.4) is 0 Å². The molecule has 0 aromatic rings. The lowest BCUT2D eigenvalue weighted by Gasteiger charge is -2.72. The molecule has 7 rings (SSSR count). The van der Waals surface area contributed by atoms with Gasteiger partial charge in [0.25, 0.3) is 0 Å². The van der Waals surface area contributed by atoms with Crippen molar-refractivity contribution in [1.29, 1.82) is 0 Å². The van der Waals surface area contributed by atoms with Gasteiger partial charge in [-0.1, -0.05) is 58.9 Å². The van der Waals surface area contributed by atoms with Gasteiger partial charge in [-0.15, -0.1) is 0 Å². The molecular formula is C44H70N2O4S. The van der Waals surface area contributed by atoms with Gasteiger partial charge in [-0.05, 0) is 179 Å². The summed E-state index contributed by atoms with van der Waals surface area (Å²) in [6.45, 7) is 25.8. The Morgan fingerprint density at radius 3 is 2.24 bits per heavy atom. The second-order valence-electron chi connectivity index (χ2n) is 20.5. The number of aliphatic carboxylic acids is 1. The quantitative estimate of drug-likeness (QED) is 0.172. The van der Waals surface area contributed by atoms with Gasteiger partial charge in [0.15, 0.2) is 0 Å². The number of hydrogen-bond donors (Lipinski definition) is 3. The Bertz CT molecular complexity index is 1550. The van der Waals surface area contributed by atoms with Gasteiger partial charge in [-0.3, -0.25) is 4.79 Å². The maximum absolute atomic E-state index is 12.0. The number of carboxylic acids is 1. The molecule has 1 unspecified atom stereocenters. The average molecular weight is 723 g/mol. The van der Waals surface area contributed by atoms with Crippen LogP contribution < -0.4 is 5.32 Å². The number of piperidine rings is 1. The van der Waals surface area contributed by atoms with Gasteiger partial charge in [0, 0.05) is 18.6 Å². The standard InChI is InChI=1S/C44H70N2O4S/c1-29(2)32-13-22-44(45-25-28-46-26-16-31(17-27-46)51(49)50)24-23-42(7)34(37(32)44)9-10-36-41(6)20-14-33(30-11-18-40(5,19-12-30)38(47)48)39(3,4)35(41)15-21-43(36,42)8/h11,14,31-32,34-37,45,51H,1,9-10,12-13,15-28H2,2-8H3,(H,47,48)/t32-,34+,35-,36+,37+,40?,41-,42+,43+,44-/m0/s1. The lowest BCUT2D eigenvalue weighted by atomic mass is 9.33. The van der Waals surface area contributed by atoms with Gasteiger partial charge in [0.2, 0.25) is 0 Å². The Balaban J connectivity index is 1.12. The lowest BCUT2D eigenvalue weighted by Crippen LogP contribution is -2.68. The van der Waals surface area contributed by atoms with Crippen LogP contribution >= 0.6 is 0 Å². The molecule has 10 atom stereocenters. The number of allylic oxidation sites excluding steroid dienone is 5. The molecule has 286 valence electrons. The number of fused-ring (bicyclic) bond motifs is 7. The molecule has 4 saturated carbocycles. The van der Waals surface area contributed by atoms with Crippen molar-refractivity contribution in [3.63, 3.8) is 0 Å². The first kappa shape index (κ1) is 37.9. The SMILES string of the molecule is C=C(C)[C@@H]1CC[C@]2(NCCN3CCC([SH](=O)=O)CC3)CC[C@]3(C)[C@H](CC[C@@H]4[C@@]5(C)CC=C(C6=CCC(C)(C(=O)O)CC6)C(C)(C)[C@@H]5CC[C@]43C)[C@@H]12. The summed E-state index contributed by atoms with van der Waals surface area (Å²) in [5, 5.41) is 14.0. The van der Waals surface area contributed by atoms with Crippen LogP contribution in [0.1, 0.15) is 138 Å². The van der Waals surface area contributed by atoms with Gasteiger partial charge >= 0.3 is 5.97 Å². The molecule has 0 spiro atoms. The first-order valence-electron chi connectivity index (χ1n) is 20.8. The van der Waals surface area contributed by atoms with Crippen molar-refractivity contribution in [2.45, 2.75) is 149 Å². The van der Waals surface area contributed by atoms with Crippen LogP contribution in [-0.4, -0.2) is 61.4 Å². The van der Waals surface area contributed by atoms with E-state index in [9.17, 15) is 18.3 Å². The van der Waals surface area contributed by atoms with Crippen LogP contribution in [0.4, 0.5) is 0 Å². The van der Waals surface area contributed by atoms with E-state index in [0.717, 1.165) is 58.3 Å². The number of rotatable bonds is 8. The highest BCUT2D eigenvalue weighted by Gasteiger charge is 2.70. The summed E-state index contributed by atoms with van der Waals surface area (Å²) in [4.78, 5) is 14.5. The van der Waals surface area contributed by atoms with Crippen LogP contribution in [0.15, 0.2) is 35.5 Å². The maximum Gasteiger partial charge on any atom is 0.309 e. The molecule has 0 aromatic heterocycles. The summed E-state index contributed by atoms with van der Waals surface area (Å²) in [5.41, 5.74) is 4.84. The van der Waals surface area contributed by atoms with E-state index in [4.69, 9.17) is 0 Å². The molecule has 0 aromatic carbocycles. The molecule has 0 radical (unpaired) electrons. The molecule has 5 fully saturated rings. The summed E-state index contributed by atoms with van der Waals surface area (Å²) in [5.74, 6) is 2.60. The molecule has 0 bridgehead atoms. The Kier molecular flexibility index (Phi) is 9.73. The molecule has 1 saturated heterocycles. The predicted octanol–water partition coefficient (Wildman–Crippen LogP) is 8.80. The summed E-state index contributed by atoms with van der Waals surface area (Å²) < 4.78 is 23.1. The molecule has 2 N–H and O–H groups in total. The molecule has 1 aliphatic heterocycles. The summed E-state index contributed by atoms with van der Waals surface area (Å²) >= 11 is 0. The third kappa shape index (κ3) is 5.81. The van der Waals surface area contributed by atoms with Gasteiger partial charge < -0.3 is 15.3 Å². The molecule has 1 heterocycles. The number of thiol groups is 1. The van der Waals surface area contributed by atoms with E-state index in [2.05, 4.69) is 70.5 Å². The smallest absolute Gasteiger partial charge is 0.309 e. The van der Waals surface area contributed by atoms with E-state index in [-0.39, 0.29) is 21.6 Å². The highest BCUT2D eigenvalue weighted by molar-refractivity contribution is 7.73. The number of carboxylic acid groups (broad SMARTS) is 1. The number of nitrogens with one attached hydrogen (secondary N) is 1. The highest BCUT2D eigenvalue weighted by atomic mass is 32.2. The first-order chi connectivity index (χ1) is 23.9. The number of nitrogens with zero attached hydrogens (tertiary/aromatic N) is 1. The molecular weight excluding hydrogens is 653 g/mol. The summed E-state index contributed by atoms with van der Waals surface area (Å²) in [6, 6.07) is 0. The second kappa shape index (κ2) is 13.1. The lowest BCUT2D eigenvalue weighted by molar-refractivity contribution is -0.221. The van der Waals surface area contributed by atoms with E-state index >= 15 is 0 Å². The van der Waals surface area contributed by atoms with Crippen LogP contribution in [0.25, 0.3) is 0 Å². The van der Waals surface area contributed by atoms with Crippen molar-refractivity contribution < 1.29 is 18.3 Å². The largest absolute Gasteiger partial charge is 0.481 e. The minimum atomic E-state index is -2.30. The van der Waals surface area contributed by atoms with Crippen molar-refractivity contribution in [3.05, 3.63) is 35.5 Å². The van der Waals surface area contributed by atoms with Crippen molar-refractivity contribution in [2.75, 3.05) is 26.2 Å². The first-order valence-corrected chi connectivity index (χ1v) is 22.1. The van der Waals surface area contributed by atoms with Crippen LogP contribution in [0.5, 0.6) is 0 Å². The van der Waals surface area contributed by atoms with E-state index in [1.54, 1.807) is 0 Å². The topological polar surface area (TPSA) is 86.7 Å². The molecule has 6 aliphatic carbocycles. The Morgan fingerprint density at radius 2 is 1.61 bits per heavy atom. The van der Waals surface area contributed by atoms with Crippen LogP contribution in [-0.2, 0) is 15.5 Å². The number of carbonyl (C=O) groups is 1. The van der Waals surface area contributed by atoms with E-state index in [1.807, 2.05) is 6.92 Å². The molecule has 0 amide bonds. The Morgan fingerprint density at radius 1 is 0.882 bits per heavy atom. The average Bonchev–Trinajstić information content (AvgIpc) is 3.46. The monoisotopic (exact) mass is 723 g/mol. The van der Waals surface area contributed by atoms with Gasteiger partial charge in [-0.2, -0.15) is 0 Å². The zero-order valence-corrected chi connectivity index (χ0v) is 34.0. The number of likely N-dealkylation sites (tertiary alicyclic amines) is 1. The minimum Gasteiger partial charge on any atom is -0.481 e. The third-order valence-electron chi connectivity index (χ3n) is 18.0. The Hall–Kier alpha value is -1.44. The van der Waals surface area contributed by atoms with Crippen molar-refractivity contribution in [1.82, 2.24) is 10.2 Å². The number of hydrogen-bond acceptors (Lipinski definition) is 5. The zero-order valence-electron chi connectivity index (χ0n) is 33.1. The fourth-order valence-electron chi connectivity index (χ4n) is 14.8. The highest BCUT2D eigenvalue weighted by Crippen LogP contribution is 2.76. The fraction of sp³-hybridized carbons (Fsp3) is 0.841. The van der Waals surface area contributed by atoms with E-state index < -0.39 is 22.1 Å². The molecule has 7 heteroatoms. The zero-order chi connectivity index (χ0) is 36.8. The second-order valence-corrected chi connectivity index (χ2v) is 21.8. The van der Waals surface area contributed by atoms with Crippen LogP contribution in [0.2, 0.25) is 0 Å². The summed E-state index contributed by atoms with van der Waals surface area (Å²) in [6.07, 6.45) is 20.2. The third-order valence-corrected chi connectivity index (χ3v) is 19.1. The van der Waals surface area contributed by atoms with Crippen LogP contribution in [0, 0.1) is 56.7 Å². The summed E-state index contributed by atoms with van der Waals surface area (Å²) in [7, 11) is -2.30. The maximum atomic E-state index is 12.0. The normalized spacial score (nSPS) is 45.5. The minimum absolute atomic E-state index is 0.0822. The van der Waals surface area contributed by atoms with Crippen molar-refractivity contribution >= 4 is 16.7 Å². The molecule has 7 aliphatic rings. The van der Waals surface area contributed by atoms with Gasteiger partial charge in [0.1, 0.15) is 10.7 Å². The van der Waals surface area contributed by atoms with Crippen molar-refractivity contribution in [2.24, 2.45) is 56.7 Å². The van der Waals surface area contributed by atoms with Gasteiger partial charge in [-0.25, -0.2) is 8.42 Å². The fourth-order valence-corrected chi connectivity index (χ4v) is 15.5. The predicted molar refractivity (Wildman–Crippen MR) is 208 cm³/mol. The van der Waals surface area contributed by atoms with Gasteiger partial charge in [0.05, 0.1) is 10.7 Å². The van der Waals surface area contributed by atoms with E-state index in [0.29, 0.717) is 46.8 Å². The molecule has 6 nitrogen and oxygen atoms in total. The van der Waals surface area contributed by atoms with Crippen molar-refractivity contribution in [3.8, 4) is 0 Å². The van der Waals surface area contributed by atoms with E-state index in [1.165, 1.54) is 68.1 Å².